The van der Waals surface area contributed by atoms with Crippen LogP contribution in [0.5, 0.6) is 0 Å². The van der Waals surface area contributed by atoms with E-state index in [0.29, 0.717) is 0 Å². The lowest BCUT2D eigenvalue weighted by molar-refractivity contribution is -0.164. The minimum Gasteiger partial charge on any atom is -0.449 e. The van der Waals surface area contributed by atoms with E-state index < -0.39 is 42.5 Å². The molecule has 1 aliphatic carbocycles. The van der Waals surface area contributed by atoms with E-state index in [2.05, 4.69) is 9.47 Å². The molecule has 0 spiro atoms. The van der Waals surface area contributed by atoms with Crippen molar-refractivity contribution < 1.29 is 37.9 Å². The summed E-state index contributed by atoms with van der Waals surface area (Å²) in [5.74, 6) is -3.82. The lowest BCUT2D eigenvalue weighted by Crippen LogP contribution is -2.18. The van der Waals surface area contributed by atoms with Crippen LogP contribution < -0.4 is 0 Å². The van der Waals surface area contributed by atoms with Gasteiger partial charge in [-0.15, -0.1) is 0 Å². The average molecular weight is 356 g/mol. The number of Topliss-reactive ketones (excluding diaryl/α,β-unsaturated/α-hetero) is 1. The fraction of sp³-hybridized carbons (Fsp3) is 0.167. The van der Waals surface area contributed by atoms with Gasteiger partial charge < -0.3 is 13.9 Å². The number of carbonyl (C=O) groups is 5. The van der Waals surface area contributed by atoms with Gasteiger partial charge in [-0.25, -0.2) is 0 Å². The fourth-order valence-electron chi connectivity index (χ4n) is 2.46. The first-order valence-electron chi connectivity index (χ1n) is 7.53. The zero-order valence-corrected chi connectivity index (χ0v) is 13.6. The predicted octanol–water partition coefficient (Wildman–Crippen LogP) is 1.69. The number of esters is 2. The summed E-state index contributed by atoms with van der Waals surface area (Å²) in [6.07, 6.45) is -0.691. The van der Waals surface area contributed by atoms with Crippen LogP contribution in [0.25, 0.3) is 0 Å². The number of furan rings is 1. The van der Waals surface area contributed by atoms with Crippen LogP contribution in [-0.4, -0.2) is 36.1 Å². The van der Waals surface area contributed by atoms with E-state index in [9.17, 15) is 24.0 Å². The van der Waals surface area contributed by atoms with Gasteiger partial charge in [0.15, 0.2) is 17.3 Å². The van der Waals surface area contributed by atoms with Crippen LogP contribution in [0.15, 0.2) is 34.7 Å². The van der Waals surface area contributed by atoms with Gasteiger partial charge in [-0.3, -0.25) is 24.0 Å². The smallest absolute Gasteiger partial charge is 0.316 e. The molecular formula is C18H12O8. The molecule has 8 nitrogen and oxygen atoms in total. The number of benzene rings is 1. The van der Waals surface area contributed by atoms with E-state index in [1.165, 1.54) is 12.1 Å². The van der Waals surface area contributed by atoms with Crippen molar-refractivity contribution in [3.8, 4) is 0 Å². The second kappa shape index (κ2) is 6.75. The van der Waals surface area contributed by atoms with E-state index in [0.717, 1.165) is 13.0 Å². The van der Waals surface area contributed by atoms with Gasteiger partial charge in [0.25, 0.3) is 0 Å². The fourth-order valence-corrected chi connectivity index (χ4v) is 2.46. The Hall–Kier alpha value is -3.55. The Morgan fingerprint density at radius 2 is 1.62 bits per heavy atom. The Morgan fingerprint density at radius 3 is 2.27 bits per heavy atom. The molecule has 1 aliphatic rings. The topological polar surface area (TPSA) is 117 Å². The Labute approximate surface area is 146 Å². The van der Waals surface area contributed by atoms with Gasteiger partial charge in [0, 0.05) is 18.1 Å². The van der Waals surface area contributed by atoms with Gasteiger partial charge in [-0.2, -0.15) is 0 Å². The number of fused-ring (bicyclic) bond motifs is 2. The maximum Gasteiger partial charge on any atom is 0.316 e. The standard InChI is InChI=1S/C18H12O8/c1-9(19)24-8-25-15(21)7-13(20)14-6-12-16(22)10-4-2-3-5-11(10)17(23)18(12)26-14/h2-6H,7-8H2,1H3. The molecule has 1 heterocycles. The lowest BCUT2D eigenvalue weighted by Gasteiger charge is -2.11. The zero-order chi connectivity index (χ0) is 18.8. The van der Waals surface area contributed by atoms with Crippen molar-refractivity contribution in [3.05, 3.63) is 58.5 Å². The Morgan fingerprint density at radius 1 is 0.962 bits per heavy atom. The highest BCUT2D eigenvalue weighted by atomic mass is 16.7. The van der Waals surface area contributed by atoms with Gasteiger partial charge in [0.2, 0.25) is 18.4 Å². The van der Waals surface area contributed by atoms with E-state index in [1.807, 2.05) is 0 Å². The number of hydrogen-bond acceptors (Lipinski definition) is 8. The summed E-state index contributed by atoms with van der Waals surface area (Å²) in [5, 5.41) is 0. The number of rotatable bonds is 5. The van der Waals surface area contributed by atoms with Crippen LogP contribution in [0.3, 0.4) is 0 Å². The summed E-state index contributed by atoms with van der Waals surface area (Å²) >= 11 is 0. The molecule has 0 radical (unpaired) electrons. The summed E-state index contributed by atoms with van der Waals surface area (Å²) in [6.45, 7) is 0.529. The van der Waals surface area contributed by atoms with Crippen LogP contribution in [0.4, 0.5) is 0 Å². The molecule has 1 aromatic heterocycles. The van der Waals surface area contributed by atoms with E-state index in [1.54, 1.807) is 12.1 Å². The molecule has 8 heteroatoms. The van der Waals surface area contributed by atoms with Gasteiger partial charge in [0.05, 0.1) is 5.56 Å². The van der Waals surface area contributed by atoms with Crippen LogP contribution in [0, 0.1) is 0 Å². The summed E-state index contributed by atoms with van der Waals surface area (Å²) in [5.41, 5.74) is 0.398. The molecule has 0 unspecified atom stereocenters. The third kappa shape index (κ3) is 3.16. The van der Waals surface area contributed by atoms with Crippen molar-refractivity contribution in [2.75, 3.05) is 6.79 Å². The molecule has 132 valence electrons. The largest absolute Gasteiger partial charge is 0.449 e. The molecule has 0 amide bonds. The molecule has 1 aromatic carbocycles. The van der Waals surface area contributed by atoms with Gasteiger partial charge in [0.1, 0.15) is 6.42 Å². The zero-order valence-electron chi connectivity index (χ0n) is 13.6. The highest BCUT2D eigenvalue weighted by Gasteiger charge is 2.34. The predicted molar refractivity (Wildman–Crippen MR) is 83.7 cm³/mol. The Bertz CT molecular complexity index is 897. The van der Waals surface area contributed by atoms with Crippen molar-refractivity contribution in [2.24, 2.45) is 0 Å². The molecule has 26 heavy (non-hydrogen) atoms. The third-order valence-electron chi connectivity index (χ3n) is 3.66. The second-order valence-corrected chi connectivity index (χ2v) is 5.43. The van der Waals surface area contributed by atoms with Crippen LogP contribution in [0.2, 0.25) is 0 Å². The highest BCUT2D eigenvalue weighted by molar-refractivity contribution is 6.28. The normalized spacial score (nSPS) is 12.2. The summed E-state index contributed by atoms with van der Waals surface area (Å²) in [4.78, 5) is 59.1. The molecule has 3 rings (SSSR count). The van der Waals surface area contributed by atoms with Crippen molar-refractivity contribution in [1.29, 1.82) is 0 Å². The molecule has 0 atom stereocenters. The van der Waals surface area contributed by atoms with Gasteiger partial charge in [-0.1, -0.05) is 24.3 Å². The average Bonchev–Trinajstić information content (AvgIpc) is 3.05. The van der Waals surface area contributed by atoms with Gasteiger partial charge in [-0.05, 0) is 6.07 Å². The lowest BCUT2D eigenvalue weighted by atomic mass is 9.88. The molecule has 0 fully saturated rings. The summed E-state index contributed by atoms with van der Waals surface area (Å²) in [6, 6.07) is 7.39. The molecular weight excluding hydrogens is 344 g/mol. The first kappa shape index (κ1) is 17.3. The monoisotopic (exact) mass is 356 g/mol. The summed E-state index contributed by atoms with van der Waals surface area (Å²) in [7, 11) is 0. The van der Waals surface area contributed by atoms with E-state index in [4.69, 9.17) is 4.42 Å². The van der Waals surface area contributed by atoms with Crippen LogP contribution >= 0.6 is 0 Å². The van der Waals surface area contributed by atoms with Crippen molar-refractivity contribution in [2.45, 2.75) is 13.3 Å². The molecule has 0 N–H and O–H groups in total. The highest BCUT2D eigenvalue weighted by Crippen LogP contribution is 2.29. The van der Waals surface area contributed by atoms with Crippen molar-refractivity contribution >= 4 is 29.3 Å². The van der Waals surface area contributed by atoms with Crippen molar-refractivity contribution in [3.63, 3.8) is 0 Å². The number of hydrogen-bond donors (Lipinski definition) is 0. The number of ether oxygens (including phenoxy) is 2. The second-order valence-electron chi connectivity index (χ2n) is 5.43. The van der Waals surface area contributed by atoms with Crippen LogP contribution in [-0.2, 0) is 19.1 Å². The Balaban J connectivity index is 1.77. The first-order chi connectivity index (χ1) is 12.4. The molecule has 2 aromatic rings. The minimum atomic E-state index is -0.938. The molecule has 0 bridgehead atoms. The first-order valence-corrected chi connectivity index (χ1v) is 7.53. The number of carbonyl (C=O) groups excluding carboxylic acids is 5. The van der Waals surface area contributed by atoms with Crippen molar-refractivity contribution in [1.82, 2.24) is 0 Å². The van der Waals surface area contributed by atoms with E-state index in [-0.39, 0.29) is 28.2 Å². The van der Waals surface area contributed by atoms with E-state index >= 15 is 0 Å². The molecule has 0 saturated carbocycles. The Kier molecular flexibility index (Phi) is 4.49. The van der Waals surface area contributed by atoms with Crippen LogP contribution in [0.1, 0.15) is 55.9 Å². The molecule has 0 aliphatic heterocycles. The van der Waals surface area contributed by atoms with Gasteiger partial charge >= 0.3 is 11.9 Å². The quantitative estimate of drug-likeness (QED) is 0.293. The maximum absolute atomic E-state index is 12.5. The number of ketones is 3. The SMILES string of the molecule is CC(=O)OCOC(=O)CC(=O)c1cc2c(o1)C(=O)c1ccccc1C2=O. The molecule has 0 saturated heterocycles. The maximum atomic E-state index is 12.5. The summed E-state index contributed by atoms with van der Waals surface area (Å²) < 4.78 is 14.2. The third-order valence-corrected chi connectivity index (χ3v) is 3.66. The minimum absolute atomic E-state index is 0.0228.